The maximum Gasteiger partial charge on any atom is 0.338 e. The number of aryl methyl sites for hydroxylation is 2. The van der Waals surface area contributed by atoms with Gasteiger partial charge < -0.3 is 10.4 Å². The molecule has 0 atom stereocenters. The number of nitrogens with one attached hydrogen (secondary N) is 1. The molecule has 0 aliphatic carbocycles. The van der Waals surface area contributed by atoms with E-state index in [-0.39, 0.29) is 11.6 Å². The van der Waals surface area contributed by atoms with Gasteiger partial charge in [0.15, 0.2) is 0 Å². The molecule has 2 N–H and O–H groups in total. The SMILES string of the molecule is Cc1cc(C(=O)Nc2ccc(C(=O)O)c(F)c2)c(C)s1. The molecule has 0 unspecified atom stereocenters. The fraction of sp³-hybridized carbons (Fsp3) is 0.143. The minimum atomic E-state index is -1.34. The zero-order valence-corrected chi connectivity index (χ0v) is 11.7. The molecule has 0 saturated heterocycles. The van der Waals surface area contributed by atoms with E-state index in [1.54, 1.807) is 6.07 Å². The Morgan fingerprint density at radius 3 is 2.40 bits per heavy atom. The fourth-order valence-corrected chi connectivity index (χ4v) is 2.74. The van der Waals surface area contributed by atoms with Crippen LogP contribution in [0.4, 0.5) is 10.1 Å². The van der Waals surface area contributed by atoms with Crippen LogP contribution in [-0.4, -0.2) is 17.0 Å². The van der Waals surface area contributed by atoms with Crippen LogP contribution in [0.3, 0.4) is 0 Å². The summed E-state index contributed by atoms with van der Waals surface area (Å²) in [6, 6.07) is 5.24. The van der Waals surface area contributed by atoms with Crippen LogP contribution in [0.25, 0.3) is 0 Å². The van der Waals surface area contributed by atoms with E-state index in [0.717, 1.165) is 21.9 Å². The molecule has 20 heavy (non-hydrogen) atoms. The van der Waals surface area contributed by atoms with Gasteiger partial charge >= 0.3 is 5.97 Å². The van der Waals surface area contributed by atoms with Gasteiger partial charge in [-0.2, -0.15) is 0 Å². The first kappa shape index (κ1) is 14.2. The van der Waals surface area contributed by atoms with Crippen molar-refractivity contribution in [2.24, 2.45) is 0 Å². The number of carboxylic acid groups (broad SMARTS) is 1. The third-order valence-corrected chi connectivity index (χ3v) is 3.71. The van der Waals surface area contributed by atoms with E-state index in [4.69, 9.17) is 5.11 Å². The number of aromatic carboxylic acids is 1. The largest absolute Gasteiger partial charge is 0.478 e. The number of carbonyl (C=O) groups is 2. The molecule has 2 aromatic rings. The van der Waals surface area contributed by atoms with Crippen LogP contribution in [0.1, 0.15) is 30.5 Å². The molecule has 4 nitrogen and oxygen atoms in total. The molecule has 0 bridgehead atoms. The van der Waals surface area contributed by atoms with Gasteiger partial charge in [-0.3, -0.25) is 4.79 Å². The molecule has 1 amide bonds. The smallest absolute Gasteiger partial charge is 0.338 e. The van der Waals surface area contributed by atoms with Crippen molar-refractivity contribution >= 4 is 28.9 Å². The predicted molar refractivity (Wildman–Crippen MR) is 75.1 cm³/mol. The Hall–Kier alpha value is -2.21. The lowest BCUT2D eigenvalue weighted by Crippen LogP contribution is -2.12. The molecule has 0 radical (unpaired) electrons. The number of hydrogen-bond donors (Lipinski definition) is 2. The topological polar surface area (TPSA) is 66.4 Å². The number of carboxylic acids is 1. The first-order chi connectivity index (χ1) is 9.38. The van der Waals surface area contributed by atoms with Gasteiger partial charge in [0, 0.05) is 15.4 Å². The average molecular weight is 293 g/mol. The van der Waals surface area contributed by atoms with Crippen LogP contribution >= 0.6 is 11.3 Å². The molecule has 1 heterocycles. The molecule has 0 saturated carbocycles. The van der Waals surface area contributed by atoms with Crippen LogP contribution in [0, 0.1) is 19.7 Å². The van der Waals surface area contributed by atoms with Crippen molar-refractivity contribution < 1.29 is 19.1 Å². The van der Waals surface area contributed by atoms with Crippen LogP contribution < -0.4 is 5.32 Å². The predicted octanol–water partition coefficient (Wildman–Crippen LogP) is 3.45. The Balaban J connectivity index is 2.22. The van der Waals surface area contributed by atoms with E-state index in [1.807, 2.05) is 13.8 Å². The number of carbonyl (C=O) groups excluding carboxylic acids is 1. The van der Waals surface area contributed by atoms with Crippen molar-refractivity contribution in [3.05, 3.63) is 51.0 Å². The Bertz CT molecular complexity index is 694. The third-order valence-electron chi connectivity index (χ3n) is 2.74. The van der Waals surface area contributed by atoms with Gasteiger partial charge in [-0.05, 0) is 38.1 Å². The van der Waals surface area contributed by atoms with Gasteiger partial charge in [-0.15, -0.1) is 11.3 Å². The molecule has 1 aromatic heterocycles. The maximum atomic E-state index is 13.5. The molecule has 0 aliphatic rings. The van der Waals surface area contributed by atoms with Crippen molar-refractivity contribution in [2.45, 2.75) is 13.8 Å². The summed E-state index contributed by atoms with van der Waals surface area (Å²) >= 11 is 1.50. The lowest BCUT2D eigenvalue weighted by molar-refractivity contribution is 0.0692. The summed E-state index contributed by atoms with van der Waals surface area (Å²) in [5, 5.41) is 11.3. The fourth-order valence-electron chi connectivity index (χ4n) is 1.82. The van der Waals surface area contributed by atoms with Gasteiger partial charge in [0.05, 0.1) is 11.1 Å². The van der Waals surface area contributed by atoms with Gasteiger partial charge in [0.2, 0.25) is 0 Å². The zero-order chi connectivity index (χ0) is 14.9. The molecular weight excluding hydrogens is 281 g/mol. The number of amides is 1. The van der Waals surface area contributed by atoms with E-state index in [1.165, 1.54) is 17.4 Å². The Morgan fingerprint density at radius 1 is 1.20 bits per heavy atom. The molecular formula is C14H12FNO3S. The summed E-state index contributed by atoms with van der Waals surface area (Å²) in [6.07, 6.45) is 0. The second-order valence-corrected chi connectivity index (χ2v) is 5.74. The second-order valence-electron chi connectivity index (χ2n) is 4.28. The molecule has 104 valence electrons. The van der Waals surface area contributed by atoms with Crippen LogP contribution in [0.2, 0.25) is 0 Å². The summed E-state index contributed by atoms with van der Waals surface area (Å²) in [4.78, 5) is 24.6. The maximum absolute atomic E-state index is 13.5. The Morgan fingerprint density at radius 2 is 1.90 bits per heavy atom. The summed E-state index contributed by atoms with van der Waals surface area (Å²) in [6.45, 7) is 3.73. The summed E-state index contributed by atoms with van der Waals surface area (Å²) in [5.41, 5.74) is 0.335. The zero-order valence-electron chi connectivity index (χ0n) is 10.9. The highest BCUT2D eigenvalue weighted by Gasteiger charge is 2.14. The number of benzene rings is 1. The van der Waals surface area contributed by atoms with Crippen molar-refractivity contribution in [3.8, 4) is 0 Å². The van der Waals surface area contributed by atoms with Crippen molar-refractivity contribution in [3.63, 3.8) is 0 Å². The summed E-state index contributed by atoms with van der Waals surface area (Å²) < 4.78 is 13.5. The summed E-state index contributed by atoms with van der Waals surface area (Å²) in [5.74, 6) is -2.56. The van der Waals surface area contributed by atoms with E-state index in [9.17, 15) is 14.0 Å². The molecule has 0 spiro atoms. The number of anilines is 1. The van der Waals surface area contributed by atoms with Gasteiger partial charge in [0.1, 0.15) is 5.82 Å². The Kier molecular flexibility index (Phi) is 3.85. The molecule has 1 aromatic carbocycles. The average Bonchev–Trinajstić information content (AvgIpc) is 2.68. The lowest BCUT2D eigenvalue weighted by atomic mass is 10.2. The van der Waals surface area contributed by atoms with Crippen LogP contribution in [-0.2, 0) is 0 Å². The van der Waals surface area contributed by atoms with E-state index in [2.05, 4.69) is 5.32 Å². The van der Waals surface area contributed by atoms with Crippen molar-refractivity contribution in [1.82, 2.24) is 0 Å². The van der Waals surface area contributed by atoms with E-state index < -0.39 is 17.3 Å². The first-order valence-corrected chi connectivity index (χ1v) is 6.61. The highest BCUT2D eigenvalue weighted by molar-refractivity contribution is 7.12. The van der Waals surface area contributed by atoms with Gasteiger partial charge in [-0.1, -0.05) is 0 Å². The molecule has 0 fully saturated rings. The van der Waals surface area contributed by atoms with Gasteiger partial charge in [-0.25, -0.2) is 9.18 Å². The highest BCUT2D eigenvalue weighted by Crippen LogP contribution is 2.22. The van der Waals surface area contributed by atoms with E-state index >= 15 is 0 Å². The van der Waals surface area contributed by atoms with Crippen molar-refractivity contribution in [2.75, 3.05) is 5.32 Å². The standard InChI is InChI=1S/C14H12FNO3S/c1-7-5-11(8(2)20-7)13(17)16-9-3-4-10(14(18)19)12(15)6-9/h3-6H,1-2H3,(H,16,17)(H,18,19). The molecule has 0 aliphatic heterocycles. The number of halogens is 1. The van der Waals surface area contributed by atoms with Crippen LogP contribution in [0.5, 0.6) is 0 Å². The second kappa shape index (κ2) is 5.42. The number of thiophene rings is 1. The Labute approximate surface area is 118 Å². The minimum absolute atomic E-state index is 0.223. The normalized spacial score (nSPS) is 10.3. The number of rotatable bonds is 3. The molecule has 2 rings (SSSR count). The van der Waals surface area contributed by atoms with Gasteiger partial charge in [0.25, 0.3) is 5.91 Å². The lowest BCUT2D eigenvalue weighted by Gasteiger charge is -2.06. The first-order valence-electron chi connectivity index (χ1n) is 5.79. The van der Waals surface area contributed by atoms with Crippen LogP contribution in [0.15, 0.2) is 24.3 Å². The van der Waals surface area contributed by atoms with E-state index in [0.29, 0.717) is 5.56 Å². The summed E-state index contributed by atoms with van der Waals surface area (Å²) in [7, 11) is 0. The minimum Gasteiger partial charge on any atom is -0.478 e. The third kappa shape index (κ3) is 2.85. The van der Waals surface area contributed by atoms with Crippen molar-refractivity contribution in [1.29, 1.82) is 0 Å². The monoisotopic (exact) mass is 293 g/mol. The highest BCUT2D eigenvalue weighted by atomic mass is 32.1. The molecule has 6 heteroatoms. The quantitative estimate of drug-likeness (QED) is 0.910. The number of hydrogen-bond acceptors (Lipinski definition) is 3.